The third kappa shape index (κ3) is 2.00. The number of hydrogen-bond acceptors (Lipinski definition) is 8. The van der Waals surface area contributed by atoms with Crippen molar-refractivity contribution >= 4 is 5.95 Å². The van der Waals surface area contributed by atoms with Crippen molar-refractivity contribution in [3.63, 3.8) is 0 Å². The predicted octanol–water partition coefficient (Wildman–Crippen LogP) is -3.17. The zero-order valence-electron chi connectivity index (χ0n) is 15.1. The van der Waals surface area contributed by atoms with Crippen LogP contribution >= 0.6 is 0 Å². The molecular formula is C8H12N4O5. The van der Waals surface area contributed by atoms with E-state index in [2.05, 4.69) is 14.7 Å². The summed E-state index contributed by atoms with van der Waals surface area (Å²) in [5.41, 5.74) is 3.56. The third-order valence-corrected chi connectivity index (χ3v) is 1.81. The Morgan fingerprint density at radius 3 is 2.94 bits per heavy atom. The van der Waals surface area contributed by atoms with Crippen LogP contribution in [0.5, 0.6) is 0 Å². The highest BCUT2D eigenvalue weighted by Crippen LogP contribution is 2.27. The average Bonchev–Trinajstić information content (AvgIpc) is 2.44. The monoisotopic (exact) mass is 251 g/mol. The summed E-state index contributed by atoms with van der Waals surface area (Å²) >= 11 is 0. The van der Waals surface area contributed by atoms with Gasteiger partial charge in [0.05, 0.1) is 14.8 Å². The number of aliphatic hydroxyl groups is 3. The summed E-state index contributed by atoms with van der Waals surface area (Å²) in [5, 5.41) is 29.4. The summed E-state index contributed by atoms with van der Waals surface area (Å²) in [7, 11) is 0. The molecule has 0 aliphatic carbocycles. The zero-order valence-corrected chi connectivity index (χ0v) is 8.08. The summed E-state index contributed by atoms with van der Waals surface area (Å²) in [6.07, 6.45) is -16.6. The van der Waals surface area contributed by atoms with E-state index in [9.17, 15) is 20.1 Å². The van der Waals surface area contributed by atoms with Gasteiger partial charge in [-0.25, -0.2) is 9.78 Å². The summed E-state index contributed by atoms with van der Waals surface area (Å²) in [6, 6.07) is 0. The van der Waals surface area contributed by atoms with Crippen LogP contribution in [0.2, 0.25) is 0 Å². The first-order valence-electron chi connectivity index (χ1n) is 7.64. The van der Waals surface area contributed by atoms with E-state index < -0.39 is 48.9 Å². The molecule has 1 aliphatic heterocycles. The van der Waals surface area contributed by atoms with Crippen molar-refractivity contribution in [3.05, 3.63) is 16.8 Å². The lowest BCUT2D eigenvalue weighted by atomic mass is 10.1. The highest BCUT2D eigenvalue weighted by molar-refractivity contribution is 5.10. The standard InChI is InChI=1S/C8H12N4O5/c9-7-10-2-12(8(16)11-7)6-5(15)4(14)3(1-13)17-6/h2-6,13-15H,1H2,(H2,9,11,16)/t3-,4+,5?,6-/m1/s1/i1D2,2D,3D,4D,5D,6D. The fourth-order valence-electron chi connectivity index (χ4n) is 1.08. The van der Waals surface area contributed by atoms with Gasteiger partial charge in [-0.1, -0.05) is 0 Å². The Morgan fingerprint density at radius 1 is 1.71 bits per heavy atom. The van der Waals surface area contributed by atoms with Crippen molar-refractivity contribution in [2.24, 2.45) is 0 Å². The number of hydrogen-bond donors (Lipinski definition) is 4. The maximum absolute atomic E-state index is 11.9. The fourth-order valence-corrected chi connectivity index (χ4v) is 1.08. The molecule has 0 saturated carbocycles. The van der Waals surface area contributed by atoms with Gasteiger partial charge in [-0.2, -0.15) is 4.98 Å². The van der Waals surface area contributed by atoms with E-state index in [1.807, 2.05) is 0 Å². The van der Waals surface area contributed by atoms with Gasteiger partial charge in [-0.15, -0.1) is 0 Å². The summed E-state index contributed by atoms with van der Waals surface area (Å²) in [5.74, 6) is -0.702. The van der Waals surface area contributed by atoms with Gasteiger partial charge in [0.15, 0.2) is 6.20 Å². The number of ether oxygens (including phenoxy) is 1. The van der Waals surface area contributed by atoms with Crippen molar-refractivity contribution in [1.29, 1.82) is 0 Å². The lowest BCUT2D eigenvalue weighted by molar-refractivity contribution is -0.0554. The summed E-state index contributed by atoms with van der Waals surface area (Å²) in [4.78, 5) is 18.1. The molecular weight excluding hydrogens is 232 g/mol. The molecule has 4 atom stereocenters. The van der Waals surface area contributed by atoms with Crippen LogP contribution in [-0.2, 0) is 4.74 Å². The quantitative estimate of drug-likeness (QED) is 0.431. The van der Waals surface area contributed by atoms with Gasteiger partial charge < -0.3 is 25.8 Å². The molecule has 9 nitrogen and oxygen atoms in total. The second kappa shape index (κ2) is 4.37. The van der Waals surface area contributed by atoms with E-state index in [0.717, 1.165) is 0 Å². The van der Waals surface area contributed by atoms with Crippen LogP contribution in [0.3, 0.4) is 0 Å². The van der Waals surface area contributed by atoms with E-state index in [-0.39, 0.29) is 4.57 Å². The normalized spacial score (nSPS) is 57.0. The van der Waals surface area contributed by atoms with E-state index in [1.165, 1.54) is 0 Å². The van der Waals surface area contributed by atoms with Gasteiger partial charge in [-0.3, -0.25) is 4.57 Å². The van der Waals surface area contributed by atoms with Crippen molar-refractivity contribution in [3.8, 4) is 0 Å². The van der Waals surface area contributed by atoms with Gasteiger partial charge in [0.2, 0.25) is 5.95 Å². The molecule has 0 amide bonds. The van der Waals surface area contributed by atoms with E-state index in [1.54, 1.807) is 0 Å². The molecule has 0 aromatic carbocycles. The Kier molecular flexibility index (Phi) is 1.51. The summed E-state index contributed by atoms with van der Waals surface area (Å²) in [6.45, 7) is -3.86. The minimum atomic E-state index is -3.98. The van der Waals surface area contributed by atoms with Crippen LogP contribution in [0.15, 0.2) is 11.1 Å². The van der Waals surface area contributed by atoms with Gasteiger partial charge in [0.25, 0.3) is 0 Å². The Hall–Kier alpha value is -1.55. The van der Waals surface area contributed by atoms with E-state index in [0.29, 0.717) is 0 Å². The molecule has 0 radical (unpaired) electrons. The molecule has 5 N–H and O–H groups in total. The number of nitrogens with zero attached hydrogens (tertiary/aromatic N) is 3. The van der Waals surface area contributed by atoms with E-state index in [4.69, 9.17) is 15.3 Å². The minimum Gasteiger partial charge on any atom is -0.394 e. The molecule has 1 fully saturated rings. The van der Waals surface area contributed by atoms with Gasteiger partial charge in [0.1, 0.15) is 25.9 Å². The third-order valence-electron chi connectivity index (χ3n) is 1.81. The molecule has 9 heteroatoms. The molecule has 1 aliphatic rings. The highest BCUT2D eigenvalue weighted by Gasteiger charge is 2.43. The fraction of sp³-hybridized carbons (Fsp3) is 0.625. The maximum atomic E-state index is 11.9. The van der Waals surface area contributed by atoms with Gasteiger partial charge in [0, 0.05) is 0 Å². The molecule has 1 aromatic heterocycles. The van der Waals surface area contributed by atoms with Crippen molar-refractivity contribution in [2.75, 3.05) is 12.3 Å². The lowest BCUT2D eigenvalue weighted by Crippen LogP contribution is -2.36. The van der Waals surface area contributed by atoms with Crippen LogP contribution in [0.25, 0.3) is 0 Å². The molecule has 0 spiro atoms. The first-order chi connectivity index (χ1) is 10.5. The van der Waals surface area contributed by atoms with Crippen LogP contribution in [-0.4, -0.2) is 54.7 Å². The number of anilines is 1. The SMILES string of the molecule is [2H]c1nc(N)nc(=O)n1[C@]1([2H])O[C@]([2H])(C([2H])([2H])O)[C@]([2H])(O)C1([2H])O. The molecule has 2 rings (SSSR count). The van der Waals surface area contributed by atoms with E-state index >= 15 is 0 Å². The minimum absolute atomic E-state index is 0.224. The Balaban J connectivity index is 2.83. The molecule has 94 valence electrons. The molecule has 1 unspecified atom stereocenters. The number of rotatable bonds is 2. The van der Waals surface area contributed by atoms with Crippen molar-refractivity contribution < 1.29 is 29.7 Å². The second-order valence-electron chi connectivity index (χ2n) is 2.85. The van der Waals surface area contributed by atoms with Crippen LogP contribution < -0.4 is 11.4 Å². The topological polar surface area (TPSA) is 144 Å². The predicted molar refractivity (Wildman–Crippen MR) is 53.7 cm³/mol. The molecule has 1 saturated heterocycles. The molecule has 2 heterocycles. The average molecular weight is 251 g/mol. The van der Waals surface area contributed by atoms with Crippen LogP contribution in [0.4, 0.5) is 5.95 Å². The van der Waals surface area contributed by atoms with Crippen molar-refractivity contribution in [2.45, 2.75) is 24.4 Å². The first kappa shape index (κ1) is 5.87. The Morgan fingerprint density at radius 2 is 2.41 bits per heavy atom. The number of aromatic nitrogens is 3. The van der Waals surface area contributed by atoms with Crippen LogP contribution in [0.1, 0.15) is 15.8 Å². The zero-order chi connectivity index (χ0) is 18.9. The molecule has 1 aromatic rings. The van der Waals surface area contributed by atoms with Gasteiger partial charge >= 0.3 is 5.69 Å². The Labute approximate surface area is 105 Å². The van der Waals surface area contributed by atoms with Gasteiger partial charge in [-0.05, 0) is 0 Å². The second-order valence-corrected chi connectivity index (χ2v) is 2.85. The molecule has 0 bridgehead atoms. The lowest BCUT2D eigenvalue weighted by Gasteiger charge is -2.16. The molecule has 17 heavy (non-hydrogen) atoms. The smallest absolute Gasteiger partial charge is 0.354 e. The maximum Gasteiger partial charge on any atom is 0.354 e. The van der Waals surface area contributed by atoms with Crippen molar-refractivity contribution in [1.82, 2.24) is 14.5 Å². The number of nitrogen functional groups attached to an aromatic ring is 1. The van der Waals surface area contributed by atoms with Crippen LogP contribution in [0, 0.1) is 0 Å². The number of nitrogens with two attached hydrogens (primary N) is 1. The Bertz CT molecular complexity index is 751. The summed E-state index contributed by atoms with van der Waals surface area (Å²) < 4.78 is 56.7. The first-order valence-corrected chi connectivity index (χ1v) is 4.14. The largest absolute Gasteiger partial charge is 0.394 e. The highest BCUT2D eigenvalue weighted by atomic mass is 16.6.